The Morgan fingerprint density at radius 2 is 2.56 bits per heavy atom. The van der Waals surface area contributed by atoms with Gasteiger partial charge in [-0.3, -0.25) is 5.01 Å². The van der Waals surface area contributed by atoms with Gasteiger partial charge in [0.2, 0.25) is 0 Å². The second-order valence-electron chi connectivity index (χ2n) is 1.98. The highest BCUT2D eigenvalue weighted by molar-refractivity contribution is 5.94. The van der Waals surface area contributed by atoms with E-state index >= 15 is 0 Å². The molecule has 0 spiro atoms. The van der Waals surface area contributed by atoms with E-state index in [1.54, 1.807) is 5.01 Å². The lowest BCUT2D eigenvalue weighted by molar-refractivity contribution is 0.333. The van der Waals surface area contributed by atoms with Gasteiger partial charge in [-0.1, -0.05) is 6.92 Å². The molecule has 1 N–H and O–H groups in total. The summed E-state index contributed by atoms with van der Waals surface area (Å²) in [7, 11) is 1.91. The van der Waals surface area contributed by atoms with Crippen molar-refractivity contribution in [3.05, 3.63) is 12.3 Å². The van der Waals surface area contributed by atoms with Crippen LogP contribution in [0.3, 0.4) is 0 Å². The molecule has 0 amide bonds. The van der Waals surface area contributed by atoms with Crippen LogP contribution in [0.5, 0.6) is 0 Å². The van der Waals surface area contributed by atoms with E-state index < -0.39 is 0 Å². The fourth-order valence-electron chi connectivity index (χ4n) is 0.608. The molecule has 0 aromatic carbocycles. The van der Waals surface area contributed by atoms with Gasteiger partial charge in [-0.25, -0.2) is 5.53 Å². The first-order valence-electron chi connectivity index (χ1n) is 3.06. The number of hydrogen-bond acceptors (Lipinski definition) is 3. The molecule has 0 unspecified atom stereocenters. The van der Waals surface area contributed by atoms with Gasteiger partial charge < -0.3 is 0 Å². The van der Waals surface area contributed by atoms with E-state index in [0.29, 0.717) is 0 Å². The lowest BCUT2D eigenvalue weighted by Crippen LogP contribution is -2.28. The molecule has 1 heterocycles. The highest BCUT2D eigenvalue weighted by Crippen LogP contribution is 1.93. The molecular weight excluding hydrogens is 114 g/mol. The zero-order valence-electron chi connectivity index (χ0n) is 5.76. The molecule has 50 valence electrons. The van der Waals surface area contributed by atoms with Gasteiger partial charge in [0.25, 0.3) is 0 Å². The summed E-state index contributed by atoms with van der Waals surface area (Å²) in [5.74, 6) is 0. The molecule has 0 saturated heterocycles. The van der Waals surface area contributed by atoms with Crippen LogP contribution in [0.15, 0.2) is 17.4 Å². The molecule has 0 fully saturated rings. The fraction of sp³-hybridized carbons (Fsp3) is 0.500. The predicted octanol–water partition coefficient (Wildman–Crippen LogP) is 0.716. The van der Waals surface area contributed by atoms with E-state index in [-0.39, 0.29) is 0 Å². The number of nitrogens with one attached hydrogen (secondary N) is 1. The van der Waals surface area contributed by atoms with Gasteiger partial charge in [-0.2, -0.15) is 5.10 Å². The molecule has 0 saturated carbocycles. The van der Waals surface area contributed by atoms with Crippen LogP contribution in [0, 0.1) is 0 Å². The van der Waals surface area contributed by atoms with Gasteiger partial charge in [0.05, 0.1) is 5.71 Å². The Hall–Kier alpha value is -0.990. The fourth-order valence-corrected chi connectivity index (χ4v) is 0.608. The third kappa shape index (κ3) is 1.45. The van der Waals surface area contributed by atoms with Gasteiger partial charge >= 0.3 is 0 Å². The van der Waals surface area contributed by atoms with Crippen LogP contribution in [-0.4, -0.2) is 17.8 Å². The maximum Gasteiger partial charge on any atom is 0.0635 e. The summed E-state index contributed by atoms with van der Waals surface area (Å²) in [5, 5.41) is 5.84. The van der Waals surface area contributed by atoms with Crippen LogP contribution in [-0.2, 0) is 0 Å². The summed E-state index contributed by atoms with van der Waals surface area (Å²) in [5.41, 5.74) is 3.91. The van der Waals surface area contributed by atoms with Gasteiger partial charge in [0.1, 0.15) is 0 Å². The van der Waals surface area contributed by atoms with Crippen molar-refractivity contribution in [3.8, 4) is 0 Å². The van der Waals surface area contributed by atoms with Gasteiger partial charge in [-0.05, 0) is 12.5 Å². The minimum absolute atomic E-state index is 0.983. The molecule has 1 aliphatic heterocycles. The van der Waals surface area contributed by atoms with Crippen LogP contribution >= 0.6 is 0 Å². The van der Waals surface area contributed by atoms with Crippen molar-refractivity contribution in [1.29, 1.82) is 0 Å². The Bertz CT molecular complexity index is 148. The zero-order valence-corrected chi connectivity index (χ0v) is 5.76. The Kier molecular flexibility index (Phi) is 1.72. The molecule has 0 aromatic heterocycles. The third-order valence-corrected chi connectivity index (χ3v) is 1.20. The second kappa shape index (κ2) is 2.53. The molecule has 0 aromatic rings. The van der Waals surface area contributed by atoms with Gasteiger partial charge in [0.15, 0.2) is 0 Å². The van der Waals surface area contributed by atoms with Crippen LogP contribution in [0.1, 0.15) is 13.3 Å². The Labute approximate surface area is 55.0 Å². The number of allylic oxidation sites excluding steroid dienone is 1. The van der Waals surface area contributed by atoms with Crippen molar-refractivity contribution in [2.45, 2.75) is 13.3 Å². The van der Waals surface area contributed by atoms with Crippen molar-refractivity contribution in [3.63, 3.8) is 0 Å². The number of hydrazine groups is 1. The molecule has 9 heavy (non-hydrogen) atoms. The molecule has 0 radical (unpaired) electrons. The van der Waals surface area contributed by atoms with E-state index in [1.807, 2.05) is 19.3 Å². The van der Waals surface area contributed by atoms with Crippen molar-refractivity contribution in [2.75, 3.05) is 7.05 Å². The topological polar surface area (TPSA) is 27.6 Å². The van der Waals surface area contributed by atoms with Crippen molar-refractivity contribution in [1.82, 2.24) is 10.5 Å². The Balaban J connectivity index is 2.52. The standard InChI is InChI=1S/C6H11N3/c1-3-6-4-5-9(2)8-7-6/h4-5,8H,3H2,1-2H3. The highest BCUT2D eigenvalue weighted by atomic mass is 15.6. The summed E-state index contributed by atoms with van der Waals surface area (Å²) >= 11 is 0. The van der Waals surface area contributed by atoms with Crippen molar-refractivity contribution < 1.29 is 0 Å². The largest absolute Gasteiger partial charge is 0.282 e. The normalized spacial score (nSPS) is 17.1. The number of nitrogens with zero attached hydrogens (tertiary/aromatic N) is 2. The molecular formula is C6H11N3. The Morgan fingerprint density at radius 3 is 3.00 bits per heavy atom. The lowest BCUT2D eigenvalue weighted by Gasteiger charge is -2.16. The Morgan fingerprint density at radius 1 is 1.78 bits per heavy atom. The number of rotatable bonds is 1. The molecule has 1 rings (SSSR count). The van der Waals surface area contributed by atoms with Crippen LogP contribution in [0.4, 0.5) is 0 Å². The first-order valence-corrected chi connectivity index (χ1v) is 3.06. The number of hydrazone groups is 1. The van der Waals surface area contributed by atoms with Crippen LogP contribution in [0.2, 0.25) is 0 Å². The van der Waals surface area contributed by atoms with E-state index in [4.69, 9.17) is 0 Å². The minimum Gasteiger partial charge on any atom is -0.282 e. The monoisotopic (exact) mass is 125 g/mol. The van der Waals surface area contributed by atoms with Gasteiger partial charge in [0, 0.05) is 13.2 Å². The highest BCUT2D eigenvalue weighted by Gasteiger charge is 1.96. The molecule has 0 atom stereocenters. The molecule has 0 aliphatic carbocycles. The van der Waals surface area contributed by atoms with Crippen LogP contribution in [0.25, 0.3) is 0 Å². The first kappa shape index (κ1) is 6.13. The molecule has 1 aliphatic rings. The van der Waals surface area contributed by atoms with E-state index in [1.165, 1.54) is 0 Å². The van der Waals surface area contributed by atoms with Crippen molar-refractivity contribution >= 4 is 5.71 Å². The minimum atomic E-state index is 0.983. The molecule has 3 heteroatoms. The maximum atomic E-state index is 4.03. The predicted molar refractivity (Wildman–Crippen MR) is 37.8 cm³/mol. The molecule has 3 nitrogen and oxygen atoms in total. The summed E-state index contributed by atoms with van der Waals surface area (Å²) in [6.07, 6.45) is 4.93. The maximum absolute atomic E-state index is 4.03. The average Bonchev–Trinajstić information content (AvgIpc) is 1.90. The second-order valence-corrected chi connectivity index (χ2v) is 1.98. The average molecular weight is 125 g/mol. The van der Waals surface area contributed by atoms with E-state index in [0.717, 1.165) is 12.1 Å². The first-order chi connectivity index (χ1) is 4.33. The lowest BCUT2D eigenvalue weighted by atomic mass is 10.3. The quantitative estimate of drug-likeness (QED) is 0.559. The third-order valence-electron chi connectivity index (χ3n) is 1.20. The van der Waals surface area contributed by atoms with Crippen molar-refractivity contribution in [2.24, 2.45) is 5.10 Å². The zero-order chi connectivity index (χ0) is 6.69. The smallest absolute Gasteiger partial charge is 0.0635 e. The van der Waals surface area contributed by atoms with Gasteiger partial charge in [-0.15, -0.1) is 0 Å². The molecule has 0 bridgehead atoms. The van der Waals surface area contributed by atoms with E-state index in [2.05, 4.69) is 17.6 Å². The summed E-state index contributed by atoms with van der Waals surface area (Å²) in [6, 6.07) is 0. The SMILES string of the molecule is CCC1=NNN(C)C=C1. The summed E-state index contributed by atoms with van der Waals surface area (Å²) in [4.78, 5) is 0. The summed E-state index contributed by atoms with van der Waals surface area (Å²) in [6.45, 7) is 2.08. The summed E-state index contributed by atoms with van der Waals surface area (Å²) < 4.78 is 0. The van der Waals surface area contributed by atoms with E-state index in [9.17, 15) is 0 Å². The number of hydrogen-bond donors (Lipinski definition) is 1. The van der Waals surface area contributed by atoms with Crippen LogP contribution < -0.4 is 5.53 Å².